The second-order valence-electron chi connectivity index (χ2n) is 9.14. The van der Waals surface area contributed by atoms with Gasteiger partial charge in [0.25, 0.3) is 0 Å². The van der Waals surface area contributed by atoms with E-state index in [0.717, 1.165) is 18.9 Å². The van der Waals surface area contributed by atoms with E-state index in [2.05, 4.69) is 104 Å². The number of hydrogen-bond acceptors (Lipinski definition) is 2. The van der Waals surface area contributed by atoms with Crippen LogP contribution in [0.3, 0.4) is 0 Å². The maximum atomic E-state index is 3.60. The lowest BCUT2D eigenvalue weighted by Gasteiger charge is -2.20. The van der Waals surface area contributed by atoms with Gasteiger partial charge in [-0.1, -0.05) is 140 Å². The third-order valence-electron chi connectivity index (χ3n) is 5.36. The van der Waals surface area contributed by atoms with E-state index in [4.69, 9.17) is 0 Å². The molecule has 0 aromatic heterocycles. The largest absolute Gasteiger partial charge is 0.387 e. The average molecular weight is 499 g/mol. The van der Waals surface area contributed by atoms with Crippen LogP contribution in [0.5, 0.6) is 0 Å². The highest BCUT2D eigenvalue weighted by Crippen LogP contribution is 2.07. The Labute approximate surface area is 227 Å². The molecule has 2 N–H and O–H groups in total. The third-order valence-corrected chi connectivity index (χ3v) is 5.36. The second kappa shape index (κ2) is 29.0. The van der Waals surface area contributed by atoms with Crippen molar-refractivity contribution in [3.8, 4) is 0 Å². The van der Waals surface area contributed by atoms with Crippen molar-refractivity contribution in [3.63, 3.8) is 0 Å². The van der Waals surface area contributed by atoms with E-state index in [1.54, 1.807) is 0 Å². The number of benzene rings is 2. The highest BCUT2D eigenvalue weighted by molar-refractivity contribution is 5.12. The lowest BCUT2D eigenvalue weighted by molar-refractivity contribution is 0.518. The molecule has 2 nitrogen and oxygen atoms in total. The maximum Gasteiger partial charge on any atom is 0.0296 e. The van der Waals surface area contributed by atoms with Crippen molar-refractivity contribution >= 4 is 0 Å². The zero-order chi connectivity index (χ0) is 28.2. The van der Waals surface area contributed by atoms with Gasteiger partial charge in [-0.05, 0) is 52.9 Å². The first-order valence-electron chi connectivity index (χ1n) is 14.5. The number of rotatable bonds is 9. The molecule has 0 aliphatic carbocycles. The van der Waals surface area contributed by atoms with Gasteiger partial charge in [0.15, 0.2) is 0 Å². The average Bonchev–Trinajstić information content (AvgIpc) is 2.88. The molecule has 0 unspecified atom stereocenters. The molecule has 2 heteroatoms. The van der Waals surface area contributed by atoms with E-state index in [1.807, 2.05) is 50.2 Å². The van der Waals surface area contributed by atoms with Gasteiger partial charge in [0, 0.05) is 24.0 Å². The van der Waals surface area contributed by atoms with E-state index >= 15 is 0 Å². The molecule has 0 spiro atoms. The van der Waals surface area contributed by atoms with Crippen LogP contribution in [0.15, 0.2) is 72.1 Å². The summed E-state index contributed by atoms with van der Waals surface area (Å²) in [7, 11) is 0. The minimum Gasteiger partial charge on any atom is -0.387 e. The minimum atomic E-state index is 0.624. The summed E-state index contributed by atoms with van der Waals surface area (Å²) in [5.74, 6) is 0.898. The summed E-state index contributed by atoms with van der Waals surface area (Å²) in [5.41, 5.74) is 5.30. The molecule has 0 saturated heterocycles. The summed E-state index contributed by atoms with van der Waals surface area (Å²) in [4.78, 5) is 0. The van der Waals surface area contributed by atoms with Gasteiger partial charge >= 0.3 is 0 Å². The minimum absolute atomic E-state index is 0.624. The van der Waals surface area contributed by atoms with Gasteiger partial charge < -0.3 is 10.6 Å². The molecule has 0 aliphatic rings. The molecule has 0 radical (unpaired) electrons. The van der Waals surface area contributed by atoms with Crippen LogP contribution in [0.4, 0.5) is 0 Å². The predicted molar refractivity (Wildman–Crippen MR) is 168 cm³/mol. The van der Waals surface area contributed by atoms with Crippen molar-refractivity contribution < 1.29 is 0 Å². The Bertz CT molecular complexity index is 648. The van der Waals surface area contributed by atoms with E-state index in [-0.39, 0.29) is 0 Å². The quantitative estimate of drug-likeness (QED) is 0.359. The SMILES string of the molecule is CC.CCCC(C)C.CCN/C(C)=C(/CC)NC(CC)CC.Cc1ccccc1.Cc1ccccc1. The van der Waals surface area contributed by atoms with Crippen molar-refractivity contribution in [2.24, 2.45) is 5.92 Å². The Kier molecular flexibility index (Phi) is 30.9. The molecule has 2 aromatic carbocycles. The van der Waals surface area contributed by atoms with Gasteiger partial charge in [-0.3, -0.25) is 0 Å². The zero-order valence-corrected chi connectivity index (χ0v) is 26.2. The molecule has 0 amide bonds. The first-order valence-corrected chi connectivity index (χ1v) is 14.5. The lowest BCUT2D eigenvalue weighted by Crippen LogP contribution is -2.29. The number of aryl methyl sites for hydroxylation is 2. The Morgan fingerprint density at radius 3 is 1.33 bits per heavy atom. The van der Waals surface area contributed by atoms with Crippen LogP contribution in [0.1, 0.15) is 112 Å². The fourth-order valence-corrected chi connectivity index (χ4v) is 3.23. The molecule has 36 heavy (non-hydrogen) atoms. The molecule has 0 aliphatic heterocycles. The monoisotopic (exact) mass is 498 g/mol. The molecule has 0 fully saturated rings. The summed E-state index contributed by atoms with van der Waals surface area (Å²) in [6.45, 7) is 26.8. The summed E-state index contributed by atoms with van der Waals surface area (Å²) >= 11 is 0. The molecule has 2 aromatic rings. The van der Waals surface area contributed by atoms with Gasteiger partial charge in [0.2, 0.25) is 0 Å². The molecule has 0 atom stereocenters. The normalized spacial score (nSPS) is 10.2. The third kappa shape index (κ3) is 26.4. The zero-order valence-electron chi connectivity index (χ0n) is 26.2. The van der Waals surface area contributed by atoms with Crippen molar-refractivity contribution in [2.45, 2.75) is 121 Å². The number of allylic oxidation sites excluding steroid dienone is 2. The number of hydrogen-bond donors (Lipinski definition) is 2. The van der Waals surface area contributed by atoms with Crippen molar-refractivity contribution in [1.29, 1.82) is 0 Å². The van der Waals surface area contributed by atoms with E-state index in [1.165, 1.54) is 48.2 Å². The van der Waals surface area contributed by atoms with Crippen LogP contribution < -0.4 is 10.6 Å². The molecule has 0 bridgehead atoms. The Balaban J connectivity index is -0.000000419. The van der Waals surface area contributed by atoms with Gasteiger partial charge in [-0.25, -0.2) is 0 Å². The molecule has 2 rings (SSSR count). The van der Waals surface area contributed by atoms with Crippen LogP contribution in [0, 0.1) is 19.8 Å². The smallest absolute Gasteiger partial charge is 0.0296 e. The summed E-state index contributed by atoms with van der Waals surface area (Å²) < 4.78 is 0. The van der Waals surface area contributed by atoms with E-state index in [0.29, 0.717) is 6.04 Å². The van der Waals surface area contributed by atoms with Gasteiger partial charge in [-0.15, -0.1) is 0 Å². The molecule has 0 heterocycles. The fraction of sp³-hybridized carbons (Fsp3) is 0.588. The van der Waals surface area contributed by atoms with E-state index in [9.17, 15) is 0 Å². The van der Waals surface area contributed by atoms with Crippen LogP contribution in [-0.2, 0) is 0 Å². The van der Waals surface area contributed by atoms with E-state index < -0.39 is 0 Å². The van der Waals surface area contributed by atoms with Crippen LogP contribution in [-0.4, -0.2) is 12.6 Å². The van der Waals surface area contributed by atoms with Crippen molar-refractivity contribution in [2.75, 3.05) is 6.54 Å². The highest BCUT2D eigenvalue weighted by Gasteiger charge is 2.05. The topological polar surface area (TPSA) is 24.1 Å². The number of nitrogens with one attached hydrogen (secondary N) is 2. The van der Waals surface area contributed by atoms with Crippen LogP contribution >= 0.6 is 0 Å². The van der Waals surface area contributed by atoms with Gasteiger partial charge in [-0.2, -0.15) is 0 Å². The highest BCUT2D eigenvalue weighted by atomic mass is 15.0. The van der Waals surface area contributed by atoms with Gasteiger partial charge in [0.1, 0.15) is 0 Å². The summed E-state index contributed by atoms with van der Waals surface area (Å²) in [6, 6.07) is 21.1. The predicted octanol–water partition coefficient (Wildman–Crippen LogP) is 10.5. The van der Waals surface area contributed by atoms with Crippen molar-refractivity contribution in [3.05, 3.63) is 83.2 Å². The Morgan fingerprint density at radius 2 is 1.14 bits per heavy atom. The maximum absolute atomic E-state index is 3.60. The molecular weight excluding hydrogens is 436 g/mol. The van der Waals surface area contributed by atoms with Crippen molar-refractivity contribution in [1.82, 2.24) is 10.6 Å². The molecule has 208 valence electrons. The Morgan fingerprint density at radius 1 is 0.722 bits per heavy atom. The summed E-state index contributed by atoms with van der Waals surface area (Å²) in [5, 5.41) is 6.97. The first kappa shape index (κ1) is 38.3. The van der Waals surface area contributed by atoms with Crippen LogP contribution in [0.2, 0.25) is 0 Å². The van der Waals surface area contributed by atoms with Crippen LogP contribution in [0.25, 0.3) is 0 Å². The lowest BCUT2D eigenvalue weighted by atomic mass is 10.1. The fourth-order valence-electron chi connectivity index (χ4n) is 3.23. The standard InChI is InChI=1S/C12H26N2.2C7H8.C6H14.C2H6/c1-6-11(7-2)14-12(8-3)10(5)13-9-4;2*1-7-5-3-2-4-6-7;1-4-5-6(2)3;1-2/h11,13-14H,6-9H2,1-5H3;2*2-6H,1H3;6H,4-5H2,1-3H3;1-2H3/b12-10-;;;;. The Hall–Kier alpha value is -2.22. The molecular formula is C34H62N2. The first-order chi connectivity index (χ1) is 17.2. The summed E-state index contributed by atoms with van der Waals surface area (Å²) in [6.07, 6.45) is 6.17. The second-order valence-corrected chi connectivity index (χ2v) is 9.14. The molecule has 0 saturated carbocycles. The van der Waals surface area contributed by atoms with Gasteiger partial charge in [0.05, 0.1) is 0 Å².